The van der Waals surface area contributed by atoms with Crippen molar-refractivity contribution >= 4 is 5.91 Å². The van der Waals surface area contributed by atoms with Gasteiger partial charge in [0, 0.05) is 32.2 Å². The number of benzene rings is 1. The van der Waals surface area contributed by atoms with Crippen LogP contribution in [0, 0.1) is 11.3 Å². The van der Waals surface area contributed by atoms with Crippen LogP contribution in [0.15, 0.2) is 24.3 Å². The molecule has 3 rings (SSSR count). The zero-order chi connectivity index (χ0) is 15.5. The van der Waals surface area contributed by atoms with Crippen molar-refractivity contribution in [3.8, 4) is 11.8 Å². The molecule has 0 radical (unpaired) electrons. The van der Waals surface area contributed by atoms with E-state index in [2.05, 4.69) is 11.0 Å². The fourth-order valence-electron chi connectivity index (χ4n) is 2.90. The Balaban J connectivity index is 1.54. The van der Waals surface area contributed by atoms with Gasteiger partial charge < -0.3 is 9.64 Å². The summed E-state index contributed by atoms with van der Waals surface area (Å²) in [4.78, 5) is 16.8. The monoisotopic (exact) mass is 299 g/mol. The highest BCUT2D eigenvalue weighted by Gasteiger charge is 2.33. The summed E-state index contributed by atoms with van der Waals surface area (Å²) in [5, 5.41) is 8.90. The van der Waals surface area contributed by atoms with Crippen LogP contribution in [0.1, 0.15) is 25.3 Å². The molecule has 2 fully saturated rings. The number of carbonyl (C=O) groups is 1. The van der Waals surface area contributed by atoms with E-state index < -0.39 is 6.10 Å². The van der Waals surface area contributed by atoms with Crippen LogP contribution in [0.5, 0.6) is 5.75 Å². The zero-order valence-corrected chi connectivity index (χ0v) is 12.9. The molecule has 1 aromatic rings. The van der Waals surface area contributed by atoms with Crippen LogP contribution >= 0.6 is 0 Å². The van der Waals surface area contributed by atoms with Crippen LogP contribution < -0.4 is 4.74 Å². The Labute approximate surface area is 131 Å². The Morgan fingerprint density at radius 1 is 1.32 bits per heavy atom. The second kappa shape index (κ2) is 6.37. The second-order valence-electron chi connectivity index (χ2n) is 5.99. The molecule has 1 aliphatic heterocycles. The molecule has 116 valence electrons. The van der Waals surface area contributed by atoms with Crippen molar-refractivity contribution in [2.75, 3.05) is 26.2 Å². The fourth-order valence-corrected chi connectivity index (χ4v) is 2.90. The number of nitrogens with zero attached hydrogens (tertiary/aromatic N) is 3. The molecule has 1 amide bonds. The molecule has 1 aliphatic carbocycles. The third kappa shape index (κ3) is 3.40. The lowest BCUT2D eigenvalue weighted by atomic mass is 10.2. The van der Waals surface area contributed by atoms with Crippen molar-refractivity contribution in [2.45, 2.75) is 31.9 Å². The molecule has 5 nitrogen and oxygen atoms in total. The van der Waals surface area contributed by atoms with E-state index in [0.29, 0.717) is 11.3 Å². The van der Waals surface area contributed by atoms with Crippen LogP contribution in [0.4, 0.5) is 0 Å². The van der Waals surface area contributed by atoms with E-state index in [0.717, 1.165) is 32.2 Å². The molecule has 1 saturated carbocycles. The smallest absolute Gasteiger partial charge is 0.263 e. The van der Waals surface area contributed by atoms with Crippen LogP contribution in [0.2, 0.25) is 0 Å². The summed E-state index contributed by atoms with van der Waals surface area (Å²) in [5.74, 6) is 0.592. The number of carbonyl (C=O) groups excluding carboxylic acids is 1. The van der Waals surface area contributed by atoms with Gasteiger partial charge in [-0.05, 0) is 38.0 Å². The first kappa shape index (κ1) is 14.9. The van der Waals surface area contributed by atoms with E-state index >= 15 is 0 Å². The molecule has 0 aromatic heterocycles. The Kier molecular flexibility index (Phi) is 4.30. The maximum absolute atomic E-state index is 12.5. The highest BCUT2D eigenvalue weighted by molar-refractivity contribution is 5.81. The molecule has 5 heteroatoms. The summed E-state index contributed by atoms with van der Waals surface area (Å²) < 4.78 is 5.70. The highest BCUT2D eigenvalue weighted by Crippen LogP contribution is 2.27. The van der Waals surface area contributed by atoms with Crippen molar-refractivity contribution in [1.82, 2.24) is 9.80 Å². The van der Waals surface area contributed by atoms with E-state index in [1.54, 1.807) is 31.2 Å². The molecule has 22 heavy (non-hydrogen) atoms. The van der Waals surface area contributed by atoms with E-state index in [9.17, 15) is 4.79 Å². The lowest BCUT2D eigenvalue weighted by Gasteiger charge is -2.35. The first-order valence-electron chi connectivity index (χ1n) is 7.87. The van der Waals surface area contributed by atoms with Gasteiger partial charge in [0.25, 0.3) is 5.91 Å². The molecule has 1 unspecified atom stereocenters. The molecular formula is C17H21N3O2. The van der Waals surface area contributed by atoms with E-state index in [1.165, 1.54) is 12.8 Å². The summed E-state index contributed by atoms with van der Waals surface area (Å²) in [7, 11) is 0. The van der Waals surface area contributed by atoms with Crippen molar-refractivity contribution in [1.29, 1.82) is 5.26 Å². The van der Waals surface area contributed by atoms with Crippen molar-refractivity contribution in [3.05, 3.63) is 29.8 Å². The largest absolute Gasteiger partial charge is 0.481 e. The third-order valence-corrected chi connectivity index (χ3v) is 4.31. The minimum absolute atomic E-state index is 0.0257. The topological polar surface area (TPSA) is 56.6 Å². The first-order valence-corrected chi connectivity index (χ1v) is 7.87. The number of piperazine rings is 1. The standard InChI is InChI=1S/C17H21N3O2/c1-13(22-16-4-2-3-14(11-16)12-18)17(21)20-9-7-19(8-10-20)15-5-6-15/h2-4,11,13,15H,5-10H2,1H3. The average molecular weight is 299 g/mol. The summed E-state index contributed by atoms with van der Waals surface area (Å²) in [6.45, 7) is 5.26. The lowest BCUT2D eigenvalue weighted by Crippen LogP contribution is -2.52. The molecule has 1 aromatic carbocycles. The van der Waals surface area contributed by atoms with Gasteiger partial charge >= 0.3 is 0 Å². The Morgan fingerprint density at radius 3 is 2.68 bits per heavy atom. The molecule has 0 N–H and O–H groups in total. The van der Waals surface area contributed by atoms with Crippen molar-refractivity contribution in [3.63, 3.8) is 0 Å². The van der Waals surface area contributed by atoms with Crippen molar-refractivity contribution in [2.24, 2.45) is 0 Å². The van der Waals surface area contributed by atoms with Gasteiger partial charge in [0.05, 0.1) is 11.6 Å². The van der Waals surface area contributed by atoms with Gasteiger partial charge in [0.15, 0.2) is 6.10 Å². The van der Waals surface area contributed by atoms with Gasteiger partial charge in [-0.2, -0.15) is 5.26 Å². The number of hydrogen-bond acceptors (Lipinski definition) is 4. The third-order valence-electron chi connectivity index (χ3n) is 4.31. The zero-order valence-electron chi connectivity index (χ0n) is 12.9. The predicted molar refractivity (Wildman–Crippen MR) is 82.4 cm³/mol. The predicted octanol–water partition coefficient (Wildman–Crippen LogP) is 1.63. The Hall–Kier alpha value is -2.06. The lowest BCUT2D eigenvalue weighted by molar-refractivity contribution is -0.139. The molecule has 1 heterocycles. The molecule has 1 atom stereocenters. The molecule has 0 spiro atoms. The Bertz CT molecular complexity index is 584. The van der Waals surface area contributed by atoms with Gasteiger partial charge in [-0.15, -0.1) is 0 Å². The van der Waals surface area contributed by atoms with E-state index in [-0.39, 0.29) is 5.91 Å². The van der Waals surface area contributed by atoms with E-state index in [1.807, 2.05) is 4.90 Å². The van der Waals surface area contributed by atoms with Crippen LogP contribution in [-0.4, -0.2) is 54.0 Å². The average Bonchev–Trinajstić information content (AvgIpc) is 3.39. The van der Waals surface area contributed by atoms with Crippen LogP contribution in [-0.2, 0) is 4.79 Å². The number of nitriles is 1. The minimum atomic E-state index is -0.526. The number of hydrogen-bond donors (Lipinski definition) is 0. The second-order valence-corrected chi connectivity index (χ2v) is 5.99. The summed E-state index contributed by atoms with van der Waals surface area (Å²) in [6, 6.07) is 9.75. The number of rotatable bonds is 4. The summed E-state index contributed by atoms with van der Waals surface area (Å²) >= 11 is 0. The fraction of sp³-hybridized carbons (Fsp3) is 0.529. The highest BCUT2D eigenvalue weighted by atomic mass is 16.5. The van der Waals surface area contributed by atoms with Gasteiger partial charge in [-0.3, -0.25) is 9.69 Å². The number of ether oxygens (including phenoxy) is 1. The van der Waals surface area contributed by atoms with Gasteiger partial charge in [-0.25, -0.2) is 0 Å². The van der Waals surface area contributed by atoms with E-state index in [4.69, 9.17) is 10.00 Å². The van der Waals surface area contributed by atoms with Crippen molar-refractivity contribution < 1.29 is 9.53 Å². The number of amides is 1. The van der Waals surface area contributed by atoms with Gasteiger partial charge in [0.1, 0.15) is 5.75 Å². The van der Waals surface area contributed by atoms with Crippen LogP contribution in [0.3, 0.4) is 0 Å². The summed E-state index contributed by atoms with van der Waals surface area (Å²) in [6.07, 6.45) is 2.09. The maximum Gasteiger partial charge on any atom is 0.263 e. The first-order chi connectivity index (χ1) is 10.7. The minimum Gasteiger partial charge on any atom is -0.481 e. The van der Waals surface area contributed by atoms with Gasteiger partial charge in [-0.1, -0.05) is 6.07 Å². The molecular weight excluding hydrogens is 278 g/mol. The SMILES string of the molecule is CC(Oc1cccc(C#N)c1)C(=O)N1CCN(C2CC2)CC1. The summed E-state index contributed by atoms with van der Waals surface area (Å²) in [5.41, 5.74) is 0.537. The normalized spacial score (nSPS) is 20.3. The van der Waals surface area contributed by atoms with Gasteiger partial charge in [0.2, 0.25) is 0 Å². The Morgan fingerprint density at radius 2 is 2.05 bits per heavy atom. The quantitative estimate of drug-likeness (QED) is 0.848. The molecule has 0 bridgehead atoms. The molecule has 1 saturated heterocycles. The molecule has 2 aliphatic rings. The maximum atomic E-state index is 12.5. The van der Waals surface area contributed by atoms with Crippen LogP contribution in [0.25, 0.3) is 0 Å².